The summed E-state index contributed by atoms with van der Waals surface area (Å²) in [5.41, 5.74) is 1.75. The highest BCUT2D eigenvalue weighted by Crippen LogP contribution is 2.36. The Morgan fingerprint density at radius 3 is 2.57 bits per heavy atom. The molecule has 0 saturated carbocycles. The molecule has 0 atom stereocenters. The highest BCUT2D eigenvalue weighted by molar-refractivity contribution is 5.94. The number of benzene rings is 2. The van der Waals surface area contributed by atoms with Crippen molar-refractivity contribution >= 4 is 16.9 Å². The number of carbonyl (C=O) groups is 1. The Hall–Kier alpha value is -2.89. The van der Waals surface area contributed by atoms with Crippen LogP contribution in [0.2, 0.25) is 0 Å². The quantitative estimate of drug-likeness (QED) is 0.770. The van der Waals surface area contributed by atoms with E-state index in [1.165, 1.54) is 43.5 Å². The predicted molar refractivity (Wildman–Crippen MR) is 81.5 cm³/mol. The summed E-state index contributed by atoms with van der Waals surface area (Å²) >= 11 is 0. The van der Waals surface area contributed by atoms with Crippen LogP contribution in [0.15, 0.2) is 36.4 Å². The van der Waals surface area contributed by atoms with E-state index >= 15 is 0 Å². The van der Waals surface area contributed by atoms with E-state index in [0.717, 1.165) is 0 Å². The Morgan fingerprint density at radius 1 is 1.17 bits per heavy atom. The van der Waals surface area contributed by atoms with Crippen LogP contribution in [0.5, 0.6) is 5.75 Å². The minimum absolute atomic E-state index is 0.321. The average molecular weight is 317 g/mol. The molecule has 0 fully saturated rings. The van der Waals surface area contributed by atoms with Gasteiger partial charge in [0.15, 0.2) is 0 Å². The molecule has 2 N–H and O–H groups in total. The van der Waals surface area contributed by atoms with E-state index in [1.54, 1.807) is 0 Å². The molecule has 0 spiro atoms. The molecular weight excluding hydrogens is 304 g/mol. The lowest BCUT2D eigenvalue weighted by Crippen LogP contribution is -2.01. The first-order chi connectivity index (χ1) is 11.0. The van der Waals surface area contributed by atoms with Crippen LogP contribution >= 0.6 is 0 Å². The van der Waals surface area contributed by atoms with Crippen LogP contribution in [0.1, 0.15) is 5.56 Å². The summed E-state index contributed by atoms with van der Waals surface area (Å²) in [4.78, 5) is 14.2. The fourth-order valence-electron chi connectivity index (χ4n) is 2.66. The SMILES string of the molecule is COc1ccc(F)cc1-c1[nH]c2ccc(F)cc2c1CC(=O)O. The van der Waals surface area contributed by atoms with Crippen molar-refractivity contribution in [2.75, 3.05) is 7.11 Å². The van der Waals surface area contributed by atoms with Gasteiger partial charge in [-0.05, 0) is 42.0 Å². The van der Waals surface area contributed by atoms with E-state index in [1.807, 2.05) is 0 Å². The lowest BCUT2D eigenvalue weighted by Gasteiger charge is -2.09. The van der Waals surface area contributed by atoms with Crippen LogP contribution in [-0.2, 0) is 11.2 Å². The summed E-state index contributed by atoms with van der Waals surface area (Å²) in [6, 6.07) is 8.02. The first-order valence-electron chi connectivity index (χ1n) is 6.85. The summed E-state index contributed by atoms with van der Waals surface area (Å²) in [6.07, 6.45) is -0.321. The van der Waals surface area contributed by atoms with E-state index in [9.17, 15) is 13.6 Å². The number of aromatic nitrogens is 1. The van der Waals surface area contributed by atoms with E-state index < -0.39 is 17.6 Å². The number of methoxy groups -OCH3 is 1. The molecule has 2 aromatic carbocycles. The second kappa shape index (κ2) is 5.72. The molecule has 23 heavy (non-hydrogen) atoms. The normalized spacial score (nSPS) is 10.9. The molecule has 0 radical (unpaired) electrons. The van der Waals surface area contributed by atoms with Gasteiger partial charge in [0.25, 0.3) is 0 Å². The van der Waals surface area contributed by atoms with Gasteiger partial charge in [0, 0.05) is 16.5 Å². The molecule has 0 aliphatic heterocycles. The maximum atomic E-state index is 13.6. The van der Waals surface area contributed by atoms with E-state index in [0.29, 0.717) is 33.5 Å². The lowest BCUT2D eigenvalue weighted by molar-refractivity contribution is -0.136. The summed E-state index contributed by atoms with van der Waals surface area (Å²) in [5.74, 6) is -1.62. The van der Waals surface area contributed by atoms with E-state index in [-0.39, 0.29) is 6.42 Å². The van der Waals surface area contributed by atoms with Gasteiger partial charge in [-0.15, -0.1) is 0 Å². The maximum Gasteiger partial charge on any atom is 0.307 e. The van der Waals surface area contributed by atoms with Gasteiger partial charge in [-0.25, -0.2) is 8.78 Å². The number of carboxylic acid groups (broad SMARTS) is 1. The number of halogens is 2. The summed E-state index contributed by atoms with van der Waals surface area (Å²) < 4.78 is 32.4. The summed E-state index contributed by atoms with van der Waals surface area (Å²) in [6.45, 7) is 0. The number of aromatic amines is 1. The lowest BCUT2D eigenvalue weighted by atomic mass is 10.0. The number of fused-ring (bicyclic) bond motifs is 1. The second-order valence-electron chi connectivity index (χ2n) is 5.08. The number of aliphatic carboxylic acids is 1. The van der Waals surface area contributed by atoms with Crippen LogP contribution in [-0.4, -0.2) is 23.2 Å². The molecule has 1 aromatic heterocycles. The van der Waals surface area contributed by atoms with Gasteiger partial charge in [-0.1, -0.05) is 0 Å². The van der Waals surface area contributed by atoms with E-state index in [2.05, 4.69) is 4.98 Å². The number of H-pyrrole nitrogens is 1. The number of hydrogen-bond donors (Lipinski definition) is 2. The Morgan fingerprint density at radius 2 is 1.87 bits per heavy atom. The Kier molecular flexibility index (Phi) is 3.73. The van der Waals surface area contributed by atoms with Crippen molar-refractivity contribution in [1.82, 2.24) is 4.98 Å². The second-order valence-corrected chi connectivity index (χ2v) is 5.08. The molecule has 6 heteroatoms. The average Bonchev–Trinajstić information content (AvgIpc) is 2.84. The summed E-state index contributed by atoms with van der Waals surface area (Å²) in [5, 5.41) is 9.61. The van der Waals surface area contributed by atoms with Crippen LogP contribution in [0.4, 0.5) is 8.78 Å². The molecule has 4 nitrogen and oxygen atoms in total. The van der Waals surface area contributed by atoms with Crippen molar-refractivity contribution in [2.24, 2.45) is 0 Å². The van der Waals surface area contributed by atoms with Crippen molar-refractivity contribution < 1.29 is 23.4 Å². The van der Waals surface area contributed by atoms with Crippen molar-refractivity contribution in [3.63, 3.8) is 0 Å². The molecule has 0 aliphatic rings. The van der Waals surface area contributed by atoms with Crippen LogP contribution < -0.4 is 4.74 Å². The third-order valence-electron chi connectivity index (χ3n) is 3.63. The number of nitrogens with one attached hydrogen (secondary N) is 1. The molecule has 0 aliphatic carbocycles. The molecule has 0 saturated heterocycles. The molecule has 118 valence electrons. The third-order valence-corrected chi connectivity index (χ3v) is 3.63. The van der Waals surface area contributed by atoms with Gasteiger partial charge in [-0.2, -0.15) is 0 Å². The summed E-state index contributed by atoms with van der Waals surface area (Å²) in [7, 11) is 1.44. The predicted octanol–water partition coefficient (Wildman–Crippen LogP) is 3.75. The van der Waals surface area contributed by atoms with Crippen molar-refractivity contribution in [2.45, 2.75) is 6.42 Å². The molecule has 3 aromatic rings. The monoisotopic (exact) mass is 317 g/mol. The number of ether oxygens (including phenoxy) is 1. The fraction of sp³-hybridized carbons (Fsp3) is 0.118. The van der Waals surface area contributed by atoms with E-state index in [4.69, 9.17) is 9.84 Å². The Labute approximate surface area is 130 Å². The number of hydrogen-bond acceptors (Lipinski definition) is 2. The smallest absolute Gasteiger partial charge is 0.307 e. The standard InChI is InChI=1S/C17H13F2NO3/c1-23-15-5-3-10(19)7-13(15)17-12(8-16(21)22)11-6-9(18)2-4-14(11)20-17/h2-7,20H,8H2,1H3,(H,21,22). The van der Waals surface area contributed by atoms with Gasteiger partial charge < -0.3 is 14.8 Å². The van der Waals surface area contributed by atoms with Crippen LogP contribution in [0.3, 0.4) is 0 Å². The van der Waals surface area contributed by atoms with Gasteiger partial charge in [-0.3, -0.25) is 4.79 Å². The Bertz CT molecular complexity index is 902. The van der Waals surface area contributed by atoms with Crippen LogP contribution in [0.25, 0.3) is 22.2 Å². The topological polar surface area (TPSA) is 62.3 Å². The number of carboxylic acids is 1. The van der Waals surface area contributed by atoms with Crippen molar-refractivity contribution in [3.05, 3.63) is 53.6 Å². The zero-order valence-corrected chi connectivity index (χ0v) is 12.2. The van der Waals surface area contributed by atoms with Crippen molar-refractivity contribution in [3.8, 4) is 17.0 Å². The van der Waals surface area contributed by atoms with Crippen LogP contribution in [0, 0.1) is 11.6 Å². The minimum Gasteiger partial charge on any atom is -0.496 e. The third kappa shape index (κ3) is 2.75. The molecule has 1 heterocycles. The molecule has 3 rings (SSSR count). The first kappa shape index (κ1) is 15.0. The highest BCUT2D eigenvalue weighted by Gasteiger charge is 2.19. The highest BCUT2D eigenvalue weighted by atomic mass is 19.1. The van der Waals surface area contributed by atoms with Crippen molar-refractivity contribution in [1.29, 1.82) is 0 Å². The minimum atomic E-state index is -1.06. The fourth-order valence-corrected chi connectivity index (χ4v) is 2.66. The van der Waals surface area contributed by atoms with Gasteiger partial charge >= 0.3 is 5.97 Å². The van der Waals surface area contributed by atoms with Gasteiger partial charge in [0.2, 0.25) is 0 Å². The largest absolute Gasteiger partial charge is 0.496 e. The maximum absolute atomic E-state index is 13.6. The zero-order chi connectivity index (χ0) is 16.6. The van der Waals surface area contributed by atoms with Gasteiger partial charge in [0.05, 0.1) is 19.2 Å². The zero-order valence-electron chi connectivity index (χ0n) is 12.2. The molecular formula is C17H13F2NO3. The molecule has 0 bridgehead atoms. The Balaban J connectivity index is 2.32. The molecule has 0 amide bonds. The molecule has 0 unspecified atom stereocenters. The van der Waals surface area contributed by atoms with Gasteiger partial charge in [0.1, 0.15) is 17.4 Å². The first-order valence-corrected chi connectivity index (χ1v) is 6.85. The number of rotatable bonds is 4.